The number of fused-ring (bicyclic) bond motifs is 10. The zero-order valence-corrected chi connectivity index (χ0v) is 34.3. The topological polar surface area (TPSA) is 63.0 Å². The summed E-state index contributed by atoms with van der Waals surface area (Å²) < 4.78 is 13.2. The number of amidine groups is 2. The second-order valence-corrected chi connectivity index (χ2v) is 16.8. The Morgan fingerprint density at radius 3 is 1.83 bits per heavy atom. The van der Waals surface area contributed by atoms with Crippen LogP contribution in [-0.2, 0) is 6.42 Å². The summed E-state index contributed by atoms with van der Waals surface area (Å²) in [5, 5.41) is 10.5. The first-order valence-corrected chi connectivity index (χ1v) is 21.8. The molecule has 1 aliphatic heterocycles. The molecule has 1 N–H and O–H groups in total. The molecule has 2 aromatic heterocycles. The van der Waals surface area contributed by atoms with Crippen molar-refractivity contribution < 1.29 is 8.83 Å². The van der Waals surface area contributed by atoms with Crippen LogP contribution in [0.5, 0.6) is 0 Å². The van der Waals surface area contributed by atoms with Crippen molar-refractivity contribution in [1.82, 2.24) is 5.32 Å². The van der Waals surface area contributed by atoms with Crippen molar-refractivity contribution in [3.05, 3.63) is 228 Å². The molecule has 0 radical (unpaired) electrons. The molecule has 5 heteroatoms. The molecule has 298 valence electrons. The molecule has 2 unspecified atom stereocenters. The first-order valence-electron chi connectivity index (χ1n) is 21.8. The first-order chi connectivity index (χ1) is 31.2. The highest BCUT2D eigenvalue weighted by molar-refractivity contribution is 6.27. The SMILES string of the molecule is c1ccc(-c2ccc(C3N=C(c4cccc5oc6ccccc6c45)NC(c4cc(C5CCc6cc7ccccc7cc6-c6ccccc65)cc5oc6ccccc6c45)=N3)cc2)cc1. The Bertz CT molecular complexity index is 3670. The number of para-hydroxylation sites is 2. The summed E-state index contributed by atoms with van der Waals surface area (Å²) in [4.78, 5) is 11.0. The van der Waals surface area contributed by atoms with Crippen molar-refractivity contribution in [2.75, 3.05) is 0 Å². The highest BCUT2D eigenvalue weighted by atomic mass is 16.3. The van der Waals surface area contributed by atoms with Gasteiger partial charge in [-0.3, -0.25) is 0 Å². The number of aliphatic imine (C=N–C) groups is 2. The predicted molar refractivity (Wildman–Crippen MR) is 258 cm³/mol. The van der Waals surface area contributed by atoms with E-state index >= 15 is 0 Å². The van der Waals surface area contributed by atoms with E-state index < -0.39 is 6.17 Å². The lowest BCUT2D eigenvalue weighted by molar-refractivity contribution is 0.665. The summed E-state index contributed by atoms with van der Waals surface area (Å²) in [5.41, 5.74) is 15.1. The number of nitrogens with one attached hydrogen (secondary N) is 1. The molecule has 0 spiro atoms. The van der Waals surface area contributed by atoms with Gasteiger partial charge in [-0.25, -0.2) is 9.98 Å². The van der Waals surface area contributed by atoms with Gasteiger partial charge in [-0.2, -0.15) is 0 Å². The molecule has 0 saturated heterocycles. The Morgan fingerprint density at radius 1 is 0.429 bits per heavy atom. The molecule has 1 aliphatic carbocycles. The Morgan fingerprint density at radius 2 is 1.03 bits per heavy atom. The minimum Gasteiger partial charge on any atom is -0.456 e. The normalized spacial score (nSPS) is 16.1. The Labute approximate surface area is 363 Å². The summed E-state index contributed by atoms with van der Waals surface area (Å²) in [5.74, 6) is 1.59. The molecular weight excluding hydrogens is 771 g/mol. The maximum Gasteiger partial charge on any atom is 0.169 e. The van der Waals surface area contributed by atoms with Crippen molar-refractivity contribution in [2.45, 2.75) is 24.9 Å². The summed E-state index contributed by atoms with van der Waals surface area (Å²) in [7, 11) is 0. The van der Waals surface area contributed by atoms with Gasteiger partial charge in [0.2, 0.25) is 0 Å². The maximum absolute atomic E-state index is 6.80. The second kappa shape index (κ2) is 14.3. The fourth-order valence-corrected chi connectivity index (χ4v) is 10.2. The van der Waals surface area contributed by atoms with Crippen molar-refractivity contribution in [3.63, 3.8) is 0 Å². The van der Waals surface area contributed by atoms with Crippen LogP contribution in [0.25, 0.3) is 76.9 Å². The Balaban J connectivity index is 1.01. The second-order valence-electron chi connectivity index (χ2n) is 16.8. The van der Waals surface area contributed by atoms with Crippen molar-refractivity contribution >= 4 is 66.3 Å². The zero-order valence-electron chi connectivity index (χ0n) is 34.3. The van der Waals surface area contributed by atoms with Gasteiger partial charge in [-0.15, -0.1) is 0 Å². The molecular formula is C58H39N3O2. The van der Waals surface area contributed by atoms with E-state index in [0.717, 1.165) is 90.6 Å². The fourth-order valence-electron chi connectivity index (χ4n) is 10.2. The highest BCUT2D eigenvalue weighted by Gasteiger charge is 2.29. The standard InChI is InChI=1S/C58H39N3O2/c1-2-13-35(14-3-1)36-25-27-37(28-26-36)56-59-57(47-21-12-24-52-54(47)45-19-8-10-22-50(45)62-52)61-58(60-56)49-33-41(34-53-55(49)46-20-9-11-23-51(46)63-53)42-30-29-40-31-38-15-4-5-16-39(38)32-48(40)44-18-7-6-17-43(42)44/h1-28,31-34,42,56H,29-30H2,(H,59,60,61). The smallest absolute Gasteiger partial charge is 0.169 e. The van der Waals surface area contributed by atoms with Crippen LogP contribution >= 0.6 is 0 Å². The Hall–Kier alpha value is -8.02. The van der Waals surface area contributed by atoms with Crippen LogP contribution in [0.15, 0.2) is 213 Å². The van der Waals surface area contributed by atoms with Crippen LogP contribution < -0.4 is 5.32 Å². The van der Waals surface area contributed by atoms with E-state index in [9.17, 15) is 0 Å². The molecule has 2 aliphatic rings. The van der Waals surface area contributed by atoms with Crippen molar-refractivity contribution in [3.8, 4) is 22.3 Å². The van der Waals surface area contributed by atoms with E-state index in [-0.39, 0.29) is 5.92 Å². The van der Waals surface area contributed by atoms with E-state index in [4.69, 9.17) is 18.8 Å². The monoisotopic (exact) mass is 809 g/mol. The lowest BCUT2D eigenvalue weighted by Crippen LogP contribution is -2.36. The molecule has 2 atom stereocenters. The lowest BCUT2D eigenvalue weighted by Gasteiger charge is -2.24. The Kier molecular flexibility index (Phi) is 8.10. The number of nitrogens with zero attached hydrogens (tertiary/aromatic N) is 2. The predicted octanol–water partition coefficient (Wildman–Crippen LogP) is 14.5. The van der Waals surface area contributed by atoms with Crippen LogP contribution in [0.3, 0.4) is 0 Å². The van der Waals surface area contributed by atoms with Gasteiger partial charge in [0.15, 0.2) is 6.17 Å². The minimum atomic E-state index is -0.520. The number of furan rings is 2. The van der Waals surface area contributed by atoms with Gasteiger partial charge in [-0.1, -0.05) is 158 Å². The van der Waals surface area contributed by atoms with Crippen molar-refractivity contribution in [2.24, 2.45) is 9.98 Å². The lowest BCUT2D eigenvalue weighted by atomic mass is 9.84. The third-order valence-electron chi connectivity index (χ3n) is 13.2. The fraction of sp³-hybridized carbons (Fsp3) is 0.0690. The van der Waals surface area contributed by atoms with Gasteiger partial charge < -0.3 is 14.2 Å². The quantitative estimate of drug-likeness (QED) is 0.188. The third-order valence-corrected chi connectivity index (χ3v) is 13.2. The van der Waals surface area contributed by atoms with Gasteiger partial charge in [0, 0.05) is 38.6 Å². The molecule has 0 bridgehead atoms. The maximum atomic E-state index is 6.80. The van der Waals surface area contributed by atoms with Crippen LogP contribution in [0, 0.1) is 0 Å². The zero-order chi connectivity index (χ0) is 41.4. The average Bonchev–Trinajstić information content (AvgIpc) is 3.88. The molecule has 11 aromatic rings. The van der Waals surface area contributed by atoms with E-state index in [1.165, 1.54) is 44.2 Å². The number of benzene rings is 9. The van der Waals surface area contributed by atoms with Gasteiger partial charge >= 0.3 is 0 Å². The van der Waals surface area contributed by atoms with Crippen LogP contribution in [0.2, 0.25) is 0 Å². The van der Waals surface area contributed by atoms with E-state index in [1.54, 1.807) is 0 Å². The first kappa shape index (κ1) is 35.7. The van der Waals surface area contributed by atoms with E-state index in [0.29, 0.717) is 0 Å². The summed E-state index contributed by atoms with van der Waals surface area (Å²) >= 11 is 0. The third kappa shape index (κ3) is 5.92. The largest absolute Gasteiger partial charge is 0.456 e. The molecule has 0 amide bonds. The van der Waals surface area contributed by atoms with Crippen LogP contribution in [0.1, 0.15) is 51.9 Å². The minimum absolute atomic E-state index is 0.109. The molecule has 0 saturated carbocycles. The van der Waals surface area contributed by atoms with Gasteiger partial charge in [0.1, 0.15) is 34.0 Å². The van der Waals surface area contributed by atoms with Gasteiger partial charge in [-0.05, 0) is 105 Å². The summed E-state index contributed by atoms with van der Waals surface area (Å²) in [6.07, 6.45) is 1.38. The number of hydrogen-bond acceptors (Lipinski definition) is 5. The van der Waals surface area contributed by atoms with Crippen LogP contribution in [0.4, 0.5) is 0 Å². The van der Waals surface area contributed by atoms with Gasteiger partial charge in [0.25, 0.3) is 0 Å². The van der Waals surface area contributed by atoms with Crippen molar-refractivity contribution in [1.29, 1.82) is 0 Å². The average molecular weight is 810 g/mol. The molecule has 5 nitrogen and oxygen atoms in total. The molecule has 13 rings (SSSR count). The number of rotatable bonds is 5. The van der Waals surface area contributed by atoms with Crippen LogP contribution in [-0.4, -0.2) is 11.7 Å². The van der Waals surface area contributed by atoms with E-state index in [1.807, 2.05) is 36.4 Å². The number of aryl methyl sites for hydroxylation is 1. The highest BCUT2D eigenvalue weighted by Crippen LogP contribution is 2.45. The number of hydrogen-bond donors (Lipinski definition) is 1. The molecule has 0 fully saturated rings. The molecule has 63 heavy (non-hydrogen) atoms. The summed E-state index contributed by atoms with van der Waals surface area (Å²) in [6.45, 7) is 0. The molecule has 3 heterocycles. The summed E-state index contributed by atoms with van der Waals surface area (Å²) in [6, 6.07) is 69.1. The van der Waals surface area contributed by atoms with Gasteiger partial charge in [0.05, 0.1) is 0 Å². The molecule has 9 aromatic carbocycles. The van der Waals surface area contributed by atoms with E-state index in [2.05, 4.69) is 163 Å².